The molecule has 0 atom stereocenters. The van der Waals surface area contributed by atoms with Crippen LogP contribution in [-0.2, 0) is 9.59 Å². The monoisotopic (exact) mass is 298 g/mol. The molecule has 7 heteroatoms. The summed E-state index contributed by atoms with van der Waals surface area (Å²) in [5.74, 6) is -2.12. The topological polar surface area (TPSA) is 153 Å². The third-order valence-electron chi connectivity index (χ3n) is 2.37. The molecule has 0 saturated heterocycles. The Bertz CT molecular complexity index is 441. The van der Waals surface area contributed by atoms with Crippen LogP contribution in [0.3, 0.4) is 0 Å². The molecular formula is C14H22N2O5. The highest BCUT2D eigenvalue weighted by Gasteiger charge is 1.99. The van der Waals surface area contributed by atoms with Crippen LogP contribution >= 0.6 is 0 Å². The van der Waals surface area contributed by atoms with E-state index >= 15 is 0 Å². The molecule has 0 spiro atoms. The molecule has 1 amide bonds. The number of hydrogen-bond donors (Lipinski definition) is 4. The van der Waals surface area contributed by atoms with Crippen LogP contribution in [0.15, 0.2) is 24.3 Å². The van der Waals surface area contributed by atoms with E-state index in [9.17, 15) is 14.4 Å². The molecule has 0 fully saturated rings. The van der Waals surface area contributed by atoms with Crippen LogP contribution in [-0.4, -0.2) is 28.1 Å². The Morgan fingerprint density at radius 1 is 0.952 bits per heavy atom. The van der Waals surface area contributed by atoms with Gasteiger partial charge >= 0.3 is 11.9 Å². The molecule has 1 aromatic rings. The van der Waals surface area contributed by atoms with Crippen molar-refractivity contribution in [1.82, 2.24) is 6.15 Å². The number of hydrogen-bond acceptors (Lipinski definition) is 4. The van der Waals surface area contributed by atoms with Crippen molar-refractivity contribution in [2.24, 2.45) is 5.73 Å². The van der Waals surface area contributed by atoms with Gasteiger partial charge in [-0.25, -0.2) is 0 Å². The largest absolute Gasteiger partial charge is 0.481 e. The Morgan fingerprint density at radius 2 is 1.33 bits per heavy atom. The molecule has 7 nitrogen and oxygen atoms in total. The van der Waals surface area contributed by atoms with Crippen LogP contribution in [0.25, 0.3) is 0 Å². The average Bonchev–Trinajstić information content (AvgIpc) is 2.35. The summed E-state index contributed by atoms with van der Waals surface area (Å²) in [5, 5.41) is 16.3. The smallest absolute Gasteiger partial charge is 0.303 e. The lowest BCUT2D eigenvalue weighted by Crippen LogP contribution is -2.10. The van der Waals surface area contributed by atoms with Gasteiger partial charge in [-0.15, -0.1) is 0 Å². The lowest BCUT2D eigenvalue weighted by molar-refractivity contribution is -0.139. The fourth-order valence-electron chi connectivity index (χ4n) is 1.27. The number of amides is 1. The minimum Gasteiger partial charge on any atom is -0.481 e. The molecule has 1 aromatic carbocycles. The van der Waals surface area contributed by atoms with Crippen LogP contribution in [0, 0.1) is 6.92 Å². The van der Waals surface area contributed by atoms with Crippen LogP contribution < -0.4 is 11.9 Å². The van der Waals surface area contributed by atoms with E-state index in [1.807, 2.05) is 19.1 Å². The first kappa shape index (κ1) is 20.9. The Morgan fingerprint density at radius 3 is 1.62 bits per heavy atom. The molecule has 0 aliphatic heterocycles. The number of rotatable bonds is 6. The van der Waals surface area contributed by atoms with Gasteiger partial charge in [0.1, 0.15) is 0 Å². The summed E-state index contributed by atoms with van der Waals surface area (Å²) >= 11 is 0. The van der Waals surface area contributed by atoms with Gasteiger partial charge in [-0.1, -0.05) is 17.7 Å². The lowest BCUT2D eigenvalue weighted by Gasteiger charge is -1.93. The third kappa shape index (κ3) is 12.4. The van der Waals surface area contributed by atoms with Crippen molar-refractivity contribution in [3.63, 3.8) is 0 Å². The summed E-state index contributed by atoms with van der Waals surface area (Å²) in [7, 11) is 0. The minimum atomic E-state index is -0.870. The number of carbonyl (C=O) groups is 3. The van der Waals surface area contributed by atoms with Crippen LogP contribution in [0.4, 0.5) is 0 Å². The normalized spacial score (nSPS) is 8.81. The predicted octanol–water partition coefficient (Wildman–Crippen LogP) is 1.97. The highest BCUT2D eigenvalue weighted by Crippen LogP contribution is 2.01. The molecule has 0 aromatic heterocycles. The number of benzene rings is 1. The maximum atomic E-state index is 10.5. The molecule has 118 valence electrons. The number of primary amides is 1. The zero-order valence-electron chi connectivity index (χ0n) is 12.0. The number of carboxylic acids is 2. The van der Waals surface area contributed by atoms with Gasteiger partial charge in [0.25, 0.3) is 0 Å². The maximum absolute atomic E-state index is 10.5. The zero-order chi connectivity index (χ0) is 15.5. The number of aryl methyl sites for hydroxylation is 1. The van der Waals surface area contributed by atoms with Crippen LogP contribution in [0.5, 0.6) is 0 Å². The molecule has 0 heterocycles. The number of unbranched alkanes of at least 4 members (excludes halogenated alkanes) is 1. The minimum absolute atomic E-state index is 0. The van der Waals surface area contributed by atoms with Crippen molar-refractivity contribution in [3.8, 4) is 0 Å². The zero-order valence-corrected chi connectivity index (χ0v) is 12.0. The van der Waals surface area contributed by atoms with E-state index in [1.165, 1.54) is 0 Å². The van der Waals surface area contributed by atoms with E-state index < -0.39 is 11.9 Å². The number of carbonyl (C=O) groups excluding carboxylic acids is 1. The maximum Gasteiger partial charge on any atom is 0.303 e. The number of carboxylic acid groups (broad SMARTS) is 2. The third-order valence-corrected chi connectivity index (χ3v) is 2.37. The molecule has 1 rings (SSSR count). The van der Waals surface area contributed by atoms with Gasteiger partial charge in [-0.3, -0.25) is 14.4 Å². The Balaban J connectivity index is 0. The molecule has 0 unspecified atom stereocenters. The summed E-state index contributed by atoms with van der Waals surface area (Å²) in [6, 6.07) is 7.16. The van der Waals surface area contributed by atoms with E-state index in [0.717, 1.165) is 5.56 Å². The first-order chi connectivity index (χ1) is 9.32. The Hall–Kier alpha value is -2.41. The molecule has 0 radical (unpaired) electrons. The van der Waals surface area contributed by atoms with Crippen molar-refractivity contribution in [2.75, 3.05) is 0 Å². The number of nitrogens with two attached hydrogens (primary N) is 1. The van der Waals surface area contributed by atoms with Gasteiger partial charge in [-0.05, 0) is 31.9 Å². The summed E-state index contributed by atoms with van der Waals surface area (Å²) in [5.41, 5.74) is 6.72. The lowest BCUT2D eigenvalue weighted by atomic mass is 10.1. The quantitative estimate of drug-likeness (QED) is 0.589. The second-order valence-corrected chi connectivity index (χ2v) is 4.22. The van der Waals surface area contributed by atoms with Gasteiger partial charge in [0.05, 0.1) is 0 Å². The van der Waals surface area contributed by atoms with Gasteiger partial charge in [-0.2, -0.15) is 0 Å². The molecule has 21 heavy (non-hydrogen) atoms. The van der Waals surface area contributed by atoms with E-state index in [0.29, 0.717) is 18.4 Å². The number of aliphatic carboxylic acids is 2. The van der Waals surface area contributed by atoms with Crippen LogP contribution in [0.1, 0.15) is 41.6 Å². The van der Waals surface area contributed by atoms with Crippen LogP contribution in [0.2, 0.25) is 0 Å². The van der Waals surface area contributed by atoms with Gasteiger partial charge in [0, 0.05) is 18.4 Å². The van der Waals surface area contributed by atoms with E-state index in [2.05, 4.69) is 0 Å². The molecule has 0 bridgehead atoms. The van der Waals surface area contributed by atoms with Crippen molar-refractivity contribution in [3.05, 3.63) is 35.4 Å². The van der Waals surface area contributed by atoms with Crippen molar-refractivity contribution < 1.29 is 24.6 Å². The van der Waals surface area contributed by atoms with Crippen molar-refractivity contribution in [1.29, 1.82) is 0 Å². The first-order valence-corrected chi connectivity index (χ1v) is 6.13. The highest BCUT2D eigenvalue weighted by molar-refractivity contribution is 5.92. The molecule has 7 N–H and O–H groups in total. The summed E-state index contributed by atoms with van der Waals surface area (Å²) in [6.45, 7) is 1.96. The van der Waals surface area contributed by atoms with E-state index in [1.54, 1.807) is 12.1 Å². The van der Waals surface area contributed by atoms with E-state index in [4.69, 9.17) is 15.9 Å². The van der Waals surface area contributed by atoms with Crippen molar-refractivity contribution >= 4 is 17.8 Å². The second kappa shape index (κ2) is 11.4. The Labute approximate surface area is 123 Å². The average molecular weight is 298 g/mol. The summed E-state index contributed by atoms with van der Waals surface area (Å²) in [4.78, 5) is 30.3. The SMILES string of the molecule is Cc1ccc(C(N)=O)cc1.N.O=C(O)CCCCC(=O)O. The molecular weight excluding hydrogens is 276 g/mol. The Kier molecular flexibility index (Phi) is 11.4. The van der Waals surface area contributed by atoms with E-state index in [-0.39, 0.29) is 24.9 Å². The predicted molar refractivity (Wildman–Crippen MR) is 78.5 cm³/mol. The van der Waals surface area contributed by atoms with Gasteiger partial charge in [0.15, 0.2) is 0 Å². The molecule has 0 saturated carbocycles. The molecule has 0 aliphatic rings. The van der Waals surface area contributed by atoms with Crippen molar-refractivity contribution in [2.45, 2.75) is 32.6 Å². The standard InChI is InChI=1S/C8H9NO.C6H10O4.H3N/c1-6-2-4-7(5-3-6)8(9)10;7-5(8)3-1-2-4-6(9)10;/h2-5H,1H3,(H2,9,10);1-4H2,(H,7,8)(H,9,10);1H3. The summed E-state index contributed by atoms with van der Waals surface area (Å²) < 4.78 is 0. The second-order valence-electron chi connectivity index (χ2n) is 4.22. The fraction of sp³-hybridized carbons (Fsp3) is 0.357. The highest BCUT2D eigenvalue weighted by atomic mass is 16.4. The summed E-state index contributed by atoms with van der Waals surface area (Å²) in [6.07, 6.45) is 1.02. The van der Waals surface area contributed by atoms with Gasteiger partial charge < -0.3 is 22.1 Å². The molecule has 0 aliphatic carbocycles. The fourth-order valence-corrected chi connectivity index (χ4v) is 1.27. The van der Waals surface area contributed by atoms with Gasteiger partial charge in [0.2, 0.25) is 5.91 Å². The first-order valence-electron chi connectivity index (χ1n) is 6.13.